The first-order valence-corrected chi connectivity index (χ1v) is 10.5. The van der Waals surface area contributed by atoms with Crippen LogP contribution in [0.4, 0.5) is 18.9 Å². The van der Waals surface area contributed by atoms with Crippen LogP contribution in [0.1, 0.15) is 41.2 Å². The molecule has 3 aromatic rings. The van der Waals surface area contributed by atoms with Gasteiger partial charge in [0, 0.05) is 24.0 Å². The third-order valence-electron chi connectivity index (χ3n) is 5.23. The molecule has 9 heteroatoms. The Balaban J connectivity index is 1.90. The van der Waals surface area contributed by atoms with Crippen molar-refractivity contribution >= 4 is 11.6 Å². The second kappa shape index (κ2) is 9.99. The number of rotatable bonds is 7. The van der Waals surface area contributed by atoms with Gasteiger partial charge in [0.15, 0.2) is 5.69 Å². The molecule has 0 spiro atoms. The van der Waals surface area contributed by atoms with E-state index in [1.165, 1.54) is 25.1 Å². The molecule has 6 nitrogen and oxygen atoms in total. The number of nitrogens with one attached hydrogen (secondary N) is 1. The standard InChI is InChI=1S/C24H25F3N4O2/c1-4-30(5-2)15-17-8-6-10-19(13-17)28-23(33)22-21(32)12-16(3)31(29-22)20-11-7-9-18(14-20)24(25,26)27/h6-14H,4-5,15H2,1-3H3,(H,28,33). The topological polar surface area (TPSA) is 67.2 Å². The number of carbonyl (C=O) groups is 1. The van der Waals surface area contributed by atoms with E-state index in [2.05, 4.69) is 29.2 Å². The summed E-state index contributed by atoms with van der Waals surface area (Å²) in [6.07, 6.45) is -4.53. The van der Waals surface area contributed by atoms with E-state index in [1.54, 1.807) is 12.1 Å². The average Bonchev–Trinajstić information content (AvgIpc) is 2.77. The molecule has 2 aromatic carbocycles. The van der Waals surface area contributed by atoms with Crippen molar-refractivity contribution in [1.29, 1.82) is 0 Å². The Hall–Kier alpha value is -3.46. The predicted octanol–water partition coefficient (Wildman–Crippen LogP) is 4.65. The molecule has 0 aliphatic heterocycles. The average molecular weight is 458 g/mol. The van der Waals surface area contributed by atoms with Crippen LogP contribution in [0.3, 0.4) is 0 Å². The predicted molar refractivity (Wildman–Crippen MR) is 121 cm³/mol. The van der Waals surface area contributed by atoms with Gasteiger partial charge >= 0.3 is 6.18 Å². The smallest absolute Gasteiger partial charge is 0.320 e. The number of halogens is 3. The van der Waals surface area contributed by atoms with Crippen molar-refractivity contribution in [2.24, 2.45) is 0 Å². The third-order valence-corrected chi connectivity index (χ3v) is 5.23. The molecule has 1 amide bonds. The summed E-state index contributed by atoms with van der Waals surface area (Å²) in [4.78, 5) is 27.5. The van der Waals surface area contributed by atoms with E-state index in [0.29, 0.717) is 17.9 Å². The summed E-state index contributed by atoms with van der Waals surface area (Å²) in [5.41, 5.74) is 0.0112. The number of anilines is 1. The Labute approximate surface area is 189 Å². The van der Waals surface area contributed by atoms with Crippen LogP contribution in [0.5, 0.6) is 0 Å². The molecule has 0 atom stereocenters. The minimum absolute atomic E-state index is 0.0950. The molecule has 0 fully saturated rings. The Morgan fingerprint density at radius 1 is 1.06 bits per heavy atom. The first-order valence-electron chi connectivity index (χ1n) is 10.5. The number of alkyl halides is 3. The number of aromatic nitrogens is 2. The van der Waals surface area contributed by atoms with Crippen molar-refractivity contribution in [1.82, 2.24) is 14.7 Å². The van der Waals surface area contributed by atoms with Gasteiger partial charge in [-0.25, -0.2) is 4.68 Å². The van der Waals surface area contributed by atoms with E-state index in [1.807, 2.05) is 12.1 Å². The van der Waals surface area contributed by atoms with E-state index >= 15 is 0 Å². The van der Waals surface area contributed by atoms with Gasteiger partial charge in [-0.05, 0) is 55.9 Å². The molecule has 0 aliphatic rings. The molecule has 0 radical (unpaired) electrons. The third kappa shape index (κ3) is 5.87. The van der Waals surface area contributed by atoms with Gasteiger partial charge in [-0.15, -0.1) is 0 Å². The fourth-order valence-corrected chi connectivity index (χ4v) is 3.42. The van der Waals surface area contributed by atoms with E-state index < -0.39 is 28.8 Å². The van der Waals surface area contributed by atoms with Gasteiger partial charge in [0.2, 0.25) is 5.43 Å². The lowest BCUT2D eigenvalue weighted by atomic mass is 10.1. The summed E-state index contributed by atoms with van der Waals surface area (Å²) in [7, 11) is 0. The van der Waals surface area contributed by atoms with E-state index in [0.717, 1.165) is 35.5 Å². The number of benzene rings is 2. The highest BCUT2D eigenvalue weighted by atomic mass is 19.4. The van der Waals surface area contributed by atoms with Crippen molar-refractivity contribution in [3.05, 3.63) is 87.3 Å². The second-order valence-electron chi connectivity index (χ2n) is 7.57. The van der Waals surface area contributed by atoms with Crippen LogP contribution in [0, 0.1) is 6.92 Å². The molecular formula is C24H25F3N4O2. The number of nitrogens with zero attached hydrogens (tertiary/aromatic N) is 3. The molecular weight excluding hydrogens is 433 g/mol. The van der Waals surface area contributed by atoms with Crippen molar-refractivity contribution in [3.8, 4) is 5.69 Å². The molecule has 0 saturated carbocycles. The van der Waals surface area contributed by atoms with Crippen LogP contribution in [-0.4, -0.2) is 33.7 Å². The van der Waals surface area contributed by atoms with Crippen molar-refractivity contribution in [2.75, 3.05) is 18.4 Å². The summed E-state index contributed by atoms with van der Waals surface area (Å²) in [5.74, 6) is -0.735. The van der Waals surface area contributed by atoms with E-state index in [-0.39, 0.29) is 5.69 Å². The Morgan fingerprint density at radius 2 is 1.76 bits per heavy atom. The maximum atomic E-state index is 13.1. The number of aryl methyl sites for hydroxylation is 1. The second-order valence-corrected chi connectivity index (χ2v) is 7.57. The SMILES string of the molecule is CCN(CC)Cc1cccc(NC(=O)c2nn(-c3cccc(C(F)(F)F)c3)c(C)cc2=O)c1. The fourth-order valence-electron chi connectivity index (χ4n) is 3.42. The largest absolute Gasteiger partial charge is 0.416 e. The van der Waals surface area contributed by atoms with Crippen LogP contribution >= 0.6 is 0 Å². The lowest BCUT2D eigenvalue weighted by molar-refractivity contribution is -0.137. The molecule has 3 rings (SSSR count). The number of hydrogen-bond acceptors (Lipinski definition) is 4. The summed E-state index contributed by atoms with van der Waals surface area (Å²) < 4.78 is 40.5. The normalized spacial score (nSPS) is 11.6. The van der Waals surface area contributed by atoms with Crippen LogP contribution in [0.2, 0.25) is 0 Å². The molecule has 0 bridgehead atoms. The molecule has 0 saturated heterocycles. The van der Waals surface area contributed by atoms with Crippen molar-refractivity contribution in [2.45, 2.75) is 33.5 Å². The van der Waals surface area contributed by atoms with Gasteiger partial charge in [0.1, 0.15) is 0 Å². The zero-order chi connectivity index (χ0) is 24.2. The van der Waals surface area contributed by atoms with Gasteiger partial charge in [-0.1, -0.05) is 32.0 Å². The number of amides is 1. The van der Waals surface area contributed by atoms with Gasteiger partial charge in [0.05, 0.1) is 11.3 Å². The lowest BCUT2D eigenvalue weighted by Crippen LogP contribution is -2.27. The maximum absolute atomic E-state index is 13.1. The number of hydrogen-bond donors (Lipinski definition) is 1. The first-order chi connectivity index (χ1) is 15.6. The van der Waals surface area contributed by atoms with E-state index in [9.17, 15) is 22.8 Å². The van der Waals surface area contributed by atoms with Gasteiger partial charge < -0.3 is 5.32 Å². The van der Waals surface area contributed by atoms with E-state index in [4.69, 9.17) is 0 Å². The maximum Gasteiger partial charge on any atom is 0.416 e. The molecule has 33 heavy (non-hydrogen) atoms. The molecule has 1 N–H and O–H groups in total. The van der Waals surface area contributed by atoms with Gasteiger partial charge in [-0.3, -0.25) is 14.5 Å². The monoisotopic (exact) mass is 458 g/mol. The molecule has 1 aromatic heterocycles. The Kier molecular flexibility index (Phi) is 7.33. The number of carbonyl (C=O) groups excluding carboxylic acids is 1. The van der Waals surface area contributed by atoms with Gasteiger partial charge in [0.25, 0.3) is 5.91 Å². The fraction of sp³-hybridized carbons (Fsp3) is 0.292. The van der Waals surface area contributed by atoms with Crippen LogP contribution in [0.15, 0.2) is 59.4 Å². The Bertz CT molecular complexity index is 1200. The van der Waals surface area contributed by atoms with Crippen molar-refractivity contribution in [3.63, 3.8) is 0 Å². The van der Waals surface area contributed by atoms with Crippen molar-refractivity contribution < 1.29 is 18.0 Å². The first kappa shape index (κ1) is 24.2. The summed E-state index contributed by atoms with van der Waals surface area (Å²) in [5, 5.41) is 6.74. The summed E-state index contributed by atoms with van der Waals surface area (Å²) in [6.45, 7) is 8.14. The highest BCUT2D eigenvalue weighted by molar-refractivity contribution is 6.02. The molecule has 174 valence electrons. The molecule has 0 aliphatic carbocycles. The van der Waals surface area contributed by atoms with Crippen LogP contribution in [-0.2, 0) is 12.7 Å². The highest BCUT2D eigenvalue weighted by Gasteiger charge is 2.30. The minimum atomic E-state index is -4.53. The zero-order valence-corrected chi connectivity index (χ0v) is 18.6. The lowest BCUT2D eigenvalue weighted by Gasteiger charge is -2.18. The minimum Gasteiger partial charge on any atom is -0.320 e. The van der Waals surface area contributed by atoms with Gasteiger partial charge in [-0.2, -0.15) is 18.3 Å². The highest BCUT2D eigenvalue weighted by Crippen LogP contribution is 2.30. The Morgan fingerprint density at radius 3 is 2.42 bits per heavy atom. The zero-order valence-electron chi connectivity index (χ0n) is 18.6. The quantitative estimate of drug-likeness (QED) is 0.560. The van der Waals surface area contributed by atoms with Crippen LogP contribution < -0.4 is 10.7 Å². The molecule has 1 heterocycles. The summed E-state index contributed by atoms with van der Waals surface area (Å²) >= 11 is 0. The summed E-state index contributed by atoms with van der Waals surface area (Å²) in [6, 6.07) is 13.0. The van der Waals surface area contributed by atoms with Crippen LogP contribution in [0.25, 0.3) is 5.69 Å². The molecule has 0 unspecified atom stereocenters.